The number of halogens is 3. The molecule has 0 amide bonds. The smallest absolute Gasteiger partial charge is 0.237 e. The maximum absolute atomic E-state index is 12.9. The Balaban J connectivity index is 1.37. The minimum absolute atomic E-state index is 0.0494. The van der Waals surface area contributed by atoms with Crippen LogP contribution in [0.1, 0.15) is 23.2 Å². The number of nitrogens with one attached hydrogen (secondary N) is 1. The van der Waals surface area contributed by atoms with Crippen molar-refractivity contribution >= 4 is 15.7 Å². The summed E-state index contributed by atoms with van der Waals surface area (Å²) in [5.74, 6) is 0. The average molecular weight is 475 g/mol. The largest absolute Gasteiger partial charge is 0.416 e. The topological polar surface area (TPSA) is 76.4 Å². The molecule has 0 atom stereocenters. The summed E-state index contributed by atoms with van der Waals surface area (Å²) in [4.78, 5) is 4.38. The maximum atomic E-state index is 12.9. The summed E-state index contributed by atoms with van der Waals surface area (Å²) in [5.41, 5.74) is 2.67. The molecule has 2 heterocycles. The molecule has 2 aromatic carbocycles. The average Bonchev–Trinajstić information content (AvgIpc) is 3.15. The molecular formula is C23H21F3N4O2S. The van der Waals surface area contributed by atoms with Gasteiger partial charge in [-0.1, -0.05) is 24.3 Å². The molecule has 33 heavy (non-hydrogen) atoms. The van der Waals surface area contributed by atoms with E-state index in [2.05, 4.69) is 14.8 Å². The van der Waals surface area contributed by atoms with Crippen LogP contribution in [-0.4, -0.2) is 29.6 Å². The van der Waals surface area contributed by atoms with E-state index in [1.165, 1.54) is 30.3 Å². The first-order valence-electron chi connectivity index (χ1n) is 10.2. The van der Waals surface area contributed by atoms with Gasteiger partial charge in [0.15, 0.2) is 5.65 Å². The highest BCUT2D eigenvalue weighted by atomic mass is 32.2. The van der Waals surface area contributed by atoms with E-state index in [0.717, 1.165) is 29.0 Å². The lowest BCUT2D eigenvalue weighted by Crippen LogP contribution is -2.25. The molecule has 6 nitrogen and oxygen atoms in total. The second-order valence-electron chi connectivity index (χ2n) is 7.65. The summed E-state index contributed by atoms with van der Waals surface area (Å²) < 4.78 is 68.2. The lowest BCUT2D eigenvalue weighted by atomic mass is 10.0. The molecule has 0 radical (unpaired) electrons. The number of fused-ring (bicyclic) bond motifs is 1. The van der Waals surface area contributed by atoms with Gasteiger partial charge in [0.05, 0.1) is 16.2 Å². The van der Waals surface area contributed by atoms with Crippen LogP contribution in [0.25, 0.3) is 16.8 Å². The van der Waals surface area contributed by atoms with Crippen molar-refractivity contribution in [2.45, 2.75) is 30.8 Å². The summed E-state index contributed by atoms with van der Waals surface area (Å²) >= 11 is 0. The van der Waals surface area contributed by atoms with Gasteiger partial charge < -0.3 is 0 Å². The van der Waals surface area contributed by atoms with Crippen LogP contribution in [-0.2, 0) is 22.6 Å². The van der Waals surface area contributed by atoms with E-state index in [1.54, 1.807) is 16.8 Å². The summed E-state index contributed by atoms with van der Waals surface area (Å²) in [6.45, 7) is 2.11. The van der Waals surface area contributed by atoms with Crippen LogP contribution in [0.15, 0.2) is 71.9 Å². The highest BCUT2D eigenvalue weighted by Gasteiger charge is 2.30. The second-order valence-corrected chi connectivity index (χ2v) is 9.42. The molecule has 172 valence electrons. The first-order valence-corrected chi connectivity index (χ1v) is 11.7. The zero-order valence-corrected chi connectivity index (χ0v) is 18.5. The fourth-order valence-electron chi connectivity index (χ4n) is 3.45. The van der Waals surface area contributed by atoms with E-state index in [1.807, 2.05) is 19.2 Å². The number of hydrogen-bond acceptors (Lipinski definition) is 4. The van der Waals surface area contributed by atoms with E-state index in [-0.39, 0.29) is 11.4 Å². The molecule has 4 aromatic rings. The van der Waals surface area contributed by atoms with Crippen LogP contribution in [0.3, 0.4) is 0 Å². The van der Waals surface area contributed by atoms with Crippen LogP contribution < -0.4 is 4.72 Å². The van der Waals surface area contributed by atoms with Gasteiger partial charge in [0.1, 0.15) is 0 Å². The SMILES string of the molecule is Cc1cc2ncc(CCCNS(=O)(=O)c3ccc(-c4cccc(C(F)(F)F)c4)cc3)cn2n1. The molecule has 0 saturated carbocycles. The Kier molecular flexibility index (Phi) is 6.22. The molecule has 0 unspecified atom stereocenters. The molecule has 2 aromatic heterocycles. The number of aryl methyl sites for hydroxylation is 2. The normalized spacial score (nSPS) is 12.4. The summed E-state index contributed by atoms with van der Waals surface area (Å²) in [5, 5.41) is 4.31. The summed E-state index contributed by atoms with van der Waals surface area (Å²) in [7, 11) is -3.74. The molecule has 0 aliphatic heterocycles. The van der Waals surface area contributed by atoms with Crippen LogP contribution in [0, 0.1) is 6.92 Å². The van der Waals surface area contributed by atoms with Crippen molar-refractivity contribution in [3.8, 4) is 11.1 Å². The van der Waals surface area contributed by atoms with Crippen molar-refractivity contribution in [2.75, 3.05) is 6.54 Å². The monoisotopic (exact) mass is 474 g/mol. The molecular weight excluding hydrogens is 453 g/mol. The Morgan fingerprint density at radius 3 is 2.52 bits per heavy atom. The molecule has 0 fully saturated rings. The third kappa shape index (κ3) is 5.40. The van der Waals surface area contributed by atoms with Gasteiger partial charge in [0.2, 0.25) is 10.0 Å². The van der Waals surface area contributed by atoms with Gasteiger partial charge >= 0.3 is 6.18 Å². The molecule has 10 heteroatoms. The third-order valence-electron chi connectivity index (χ3n) is 5.11. The Bertz CT molecular complexity index is 1380. The molecule has 0 aliphatic rings. The third-order valence-corrected chi connectivity index (χ3v) is 6.59. The van der Waals surface area contributed by atoms with Gasteiger partial charge in [-0.2, -0.15) is 18.3 Å². The number of benzene rings is 2. The number of nitrogens with zero attached hydrogens (tertiary/aromatic N) is 3. The van der Waals surface area contributed by atoms with Crippen molar-refractivity contribution in [2.24, 2.45) is 0 Å². The van der Waals surface area contributed by atoms with E-state index in [0.29, 0.717) is 24.0 Å². The van der Waals surface area contributed by atoms with E-state index in [9.17, 15) is 21.6 Å². The highest BCUT2D eigenvalue weighted by molar-refractivity contribution is 7.89. The van der Waals surface area contributed by atoms with Crippen molar-refractivity contribution in [1.82, 2.24) is 19.3 Å². The number of rotatable bonds is 7. The molecule has 0 saturated heterocycles. The first kappa shape index (κ1) is 22.9. The predicted molar refractivity (Wildman–Crippen MR) is 118 cm³/mol. The zero-order chi connectivity index (χ0) is 23.6. The van der Waals surface area contributed by atoms with E-state index >= 15 is 0 Å². The Morgan fingerprint density at radius 2 is 1.79 bits per heavy atom. The van der Waals surface area contributed by atoms with Crippen molar-refractivity contribution in [3.05, 3.63) is 83.8 Å². The predicted octanol–water partition coefficient (Wildman–Crippen LogP) is 4.63. The minimum Gasteiger partial charge on any atom is -0.237 e. The Morgan fingerprint density at radius 1 is 1.03 bits per heavy atom. The van der Waals surface area contributed by atoms with Gasteiger partial charge in [-0.3, -0.25) is 0 Å². The molecule has 0 bridgehead atoms. The summed E-state index contributed by atoms with van der Waals surface area (Å²) in [6.07, 6.45) is 0.365. The lowest BCUT2D eigenvalue weighted by molar-refractivity contribution is -0.137. The van der Waals surface area contributed by atoms with Crippen LogP contribution >= 0.6 is 0 Å². The van der Waals surface area contributed by atoms with Gasteiger partial charge in [0.25, 0.3) is 0 Å². The van der Waals surface area contributed by atoms with Crippen molar-refractivity contribution < 1.29 is 21.6 Å². The first-order chi connectivity index (χ1) is 15.6. The van der Waals surface area contributed by atoms with E-state index in [4.69, 9.17) is 0 Å². The number of aromatic nitrogens is 3. The highest BCUT2D eigenvalue weighted by Crippen LogP contribution is 2.32. The van der Waals surface area contributed by atoms with Crippen LogP contribution in [0.4, 0.5) is 13.2 Å². The van der Waals surface area contributed by atoms with Gasteiger partial charge in [-0.25, -0.2) is 22.6 Å². The fourth-order valence-corrected chi connectivity index (χ4v) is 4.52. The fraction of sp³-hybridized carbons (Fsp3) is 0.217. The lowest BCUT2D eigenvalue weighted by Gasteiger charge is -2.10. The summed E-state index contributed by atoms with van der Waals surface area (Å²) in [6, 6.07) is 12.5. The van der Waals surface area contributed by atoms with Crippen LogP contribution in [0.5, 0.6) is 0 Å². The molecule has 4 rings (SSSR count). The standard InChI is InChI=1S/C23H21F3N4O2S/c1-16-12-22-27-14-17(15-30(22)29-16)4-3-11-28-33(31,32)21-9-7-18(8-10-21)19-5-2-6-20(13-19)23(24,25)26/h2,5-10,12-15,28H,3-4,11H2,1H3. The van der Waals surface area contributed by atoms with Crippen molar-refractivity contribution in [3.63, 3.8) is 0 Å². The Hall–Kier alpha value is -3.24. The zero-order valence-electron chi connectivity index (χ0n) is 17.7. The van der Waals surface area contributed by atoms with Gasteiger partial charge in [-0.05, 0) is 60.7 Å². The van der Waals surface area contributed by atoms with Gasteiger partial charge in [-0.15, -0.1) is 0 Å². The number of alkyl halides is 3. The second kappa shape index (κ2) is 8.95. The van der Waals surface area contributed by atoms with Crippen LogP contribution in [0.2, 0.25) is 0 Å². The van der Waals surface area contributed by atoms with E-state index < -0.39 is 21.8 Å². The number of hydrogen-bond donors (Lipinski definition) is 1. The molecule has 0 aliphatic carbocycles. The minimum atomic E-state index is -4.44. The quantitative estimate of drug-likeness (QED) is 0.396. The molecule has 1 N–H and O–H groups in total. The van der Waals surface area contributed by atoms with Crippen molar-refractivity contribution in [1.29, 1.82) is 0 Å². The number of sulfonamides is 1. The Labute approximate surface area is 189 Å². The molecule has 0 spiro atoms. The van der Waals surface area contributed by atoms with Gasteiger partial charge in [0, 0.05) is 25.0 Å². The maximum Gasteiger partial charge on any atom is 0.416 e.